The lowest BCUT2D eigenvalue weighted by atomic mass is 10.2. The molecule has 25 heavy (non-hydrogen) atoms. The number of rotatable bonds is 4. The van der Waals surface area contributed by atoms with Crippen LogP contribution >= 0.6 is 22.9 Å². The van der Waals surface area contributed by atoms with Gasteiger partial charge in [-0.25, -0.2) is 4.39 Å². The number of halogens is 2. The van der Waals surface area contributed by atoms with Gasteiger partial charge in [0.15, 0.2) is 5.01 Å². The summed E-state index contributed by atoms with van der Waals surface area (Å²) in [7, 11) is 0. The summed E-state index contributed by atoms with van der Waals surface area (Å²) in [5.41, 5.74) is 2.38. The molecule has 0 aliphatic rings. The van der Waals surface area contributed by atoms with E-state index in [1.165, 1.54) is 12.1 Å². The Hall–Kier alpha value is -2.57. The first kappa shape index (κ1) is 17.3. The molecule has 1 amide bonds. The van der Waals surface area contributed by atoms with Crippen molar-refractivity contribution in [2.24, 2.45) is 0 Å². The lowest BCUT2D eigenvalue weighted by molar-refractivity contribution is 0.102. The van der Waals surface area contributed by atoms with Crippen molar-refractivity contribution < 1.29 is 9.18 Å². The average molecular weight is 374 g/mol. The summed E-state index contributed by atoms with van der Waals surface area (Å²) in [6.45, 7) is 1.97. The summed E-state index contributed by atoms with van der Waals surface area (Å²) < 4.78 is 13.2. The number of anilines is 1. The smallest absolute Gasteiger partial charge is 0.286 e. The minimum Gasteiger partial charge on any atom is -0.320 e. The number of carbonyl (C=O) groups is 1. The molecule has 0 fully saturated rings. The third-order valence-corrected chi connectivity index (χ3v) is 4.63. The number of nitrogens with zero attached hydrogens (tertiary/aromatic N) is 2. The summed E-state index contributed by atoms with van der Waals surface area (Å²) in [6, 6.07) is 13.4. The van der Waals surface area contributed by atoms with Crippen LogP contribution in [0.5, 0.6) is 0 Å². The van der Waals surface area contributed by atoms with Crippen molar-refractivity contribution in [2.45, 2.75) is 6.92 Å². The predicted octanol–water partition coefficient (Wildman–Crippen LogP) is 4.97. The van der Waals surface area contributed by atoms with E-state index in [0.29, 0.717) is 16.3 Å². The van der Waals surface area contributed by atoms with Crippen LogP contribution in [0, 0.1) is 12.7 Å². The Balaban J connectivity index is 1.75. The number of hydrogen-bond acceptors (Lipinski definition) is 4. The van der Waals surface area contributed by atoms with E-state index in [4.69, 9.17) is 11.6 Å². The number of carbonyl (C=O) groups excluding carboxylic acids is 1. The molecule has 0 aliphatic carbocycles. The second-order valence-electron chi connectivity index (χ2n) is 5.28. The standard InChI is InChI=1S/C18H13ClFN3OS/c1-11-5-7-14(8-6-11)21-16(24)18-23-22-17(25-18)15(19)10-12-3-2-4-13(20)9-12/h2-10H,1H3,(H,21,24)/b15-10-. The van der Waals surface area contributed by atoms with Crippen LogP contribution in [-0.4, -0.2) is 16.1 Å². The highest BCUT2D eigenvalue weighted by molar-refractivity contribution is 7.15. The normalized spacial score (nSPS) is 11.4. The molecule has 0 atom stereocenters. The van der Waals surface area contributed by atoms with Gasteiger partial charge >= 0.3 is 0 Å². The number of hydrogen-bond donors (Lipinski definition) is 1. The van der Waals surface area contributed by atoms with Gasteiger partial charge in [0.1, 0.15) is 5.82 Å². The maximum absolute atomic E-state index is 13.2. The zero-order valence-corrected chi connectivity index (χ0v) is 14.7. The minimum atomic E-state index is -0.358. The van der Waals surface area contributed by atoms with Crippen molar-refractivity contribution in [3.63, 3.8) is 0 Å². The molecule has 0 spiro atoms. The van der Waals surface area contributed by atoms with Crippen molar-refractivity contribution >= 4 is 45.6 Å². The van der Waals surface area contributed by atoms with Gasteiger partial charge in [0, 0.05) is 5.69 Å². The molecule has 2 aromatic carbocycles. The molecule has 0 unspecified atom stereocenters. The average Bonchev–Trinajstić information content (AvgIpc) is 3.07. The molecule has 0 saturated carbocycles. The van der Waals surface area contributed by atoms with Crippen molar-refractivity contribution in [3.8, 4) is 0 Å². The van der Waals surface area contributed by atoms with Crippen LogP contribution in [0.1, 0.15) is 25.9 Å². The van der Waals surface area contributed by atoms with Crippen LogP contribution in [0.15, 0.2) is 48.5 Å². The molecule has 0 aliphatic heterocycles. The lowest BCUT2D eigenvalue weighted by Gasteiger charge is -2.02. The number of benzene rings is 2. The molecule has 1 aromatic heterocycles. The molecule has 1 N–H and O–H groups in total. The van der Waals surface area contributed by atoms with Crippen molar-refractivity contribution in [3.05, 3.63) is 75.5 Å². The van der Waals surface area contributed by atoms with Gasteiger partial charge in [0.05, 0.1) is 5.03 Å². The molecular weight excluding hydrogens is 361 g/mol. The summed E-state index contributed by atoms with van der Waals surface area (Å²) in [6.07, 6.45) is 1.58. The van der Waals surface area contributed by atoms with Crippen molar-refractivity contribution in [1.29, 1.82) is 0 Å². The molecular formula is C18H13ClFN3OS. The van der Waals surface area contributed by atoms with Crippen molar-refractivity contribution in [1.82, 2.24) is 10.2 Å². The lowest BCUT2D eigenvalue weighted by Crippen LogP contribution is -2.11. The zero-order chi connectivity index (χ0) is 17.8. The van der Waals surface area contributed by atoms with Gasteiger partial charge < -0.3 is 5.32 Å². The molecule has 0 saturated heterocycles. The second kappa shape index (κ2) is 7.55. The van der Waals surface area contributed by atoms with Gasteiger partial charge in [0.2, 0.25) is 5.01 Å². The number of aromatic nitrogens is 2. The Kier molecular flexibility index (Phi) is 5.21. The summed E-state index contributed by atoms with van der Waals surface area (Å²) in [5.74, 6) is -0.712. The molecule has 3 rings (SSSR count). The number of aryl methyl sites for hydroxylation is 1. The highest BCUT2D eigenvalue weighted by Gasteiger charge is 2.14. The van der Waals surface area contributed by atoms with Gasteiger partial charge in [-0.05, 0) is 42.8 Å². The Bertz CT molecular complexity index is 938. The Morgan fingerprint density at radius 3 is 2.60 bits per heavy atom. The van der Waals surface area contributed by atoms with Gasteiger partial charge in [0.25, 0.3) is 5.91 Å². The molecule has 7 heteroatoms. The zero-order valence-electron chi connectivity index (χ0n) is 13.2. The van der Waals surface area contributed by atoms with Gasteiger partial charge in [-0.3, -0.25) is 4.79 Å². The molecule has 126 valence electrons. The van der Waals surface area contributed by atoms with Crippen molar-refractivity contribution in [2.75, 3.05) is 5.32 Å². The monoisotopic (exact) mass is 373 g/mol. The van der Waals surface area contributed by atoms with E-state index < -0.39 is 0 Å². The molecule has 0 bridgehead atoms. The largest absolute Gasteiger partial charge is 0.320 e. The maximum Gasteiger partial charge on any atom is 0.286 e. The Morgan fingerprint density at radius 2 is 1.88 bits per heavy atom. The van der Waals surface area contributed by atoms with E-state index in [0.717, 1.165) is 16.9 Å². The molecule has 4 nitrogen and oxygen atoms in total. The fourth-order valence-electron chi connectivity index (χ4n) is 2.04. The summed E-state index contributed by atoms with van der Waals surface area (Å²) in [5, 5.41) is 11.4. The second-order valence-corrected chi connectivity index (χ2v) is 6.66. The first-order valence-corrected chi connectivity index (χ1v) is 8.55. The Labute approximate surface area is 153 Å². The Morgan fingerprint density at radius 1 is 1.16 bits per heavy atom. The molecule has 1 heterocycles. The van der Waals surface area contributed by atoms with Crippen LogP contribution in [-0.2, 0) is 0 Å². The first-order chi connectivity index (χ1) is 12.0. The highest BCUT2D eigenvalue weighted by atomic mass is 35.5. The first-order valence-electron chi connectivity index (χ1n) is 7.36. The van der Waals surface area contributed by atoms with Gasteiger partial charge in [-0.1, -0.05) is 52.8 Å². The third-order valence-electron chi connectivity index (χ3n) is 3.28. The van der Waals surface area contributed by atoms with E-state index >= 15 is 0 Å². The fraction of sp³-hybridized carbons (Fsp3) is 0.0556. The van der Waals surface area contributed by atoms with E-state index in [9.17, 15) is 9.18 Å². The fourth-order valence-corrected chi connectivity index (χ4v) is 2.96. The maximum atomic E-state index is 13.2. The van der Waals surface area contributed by atoms with E-state index in [1.807, 2.05) is 31.2 Å². The summed E-state index contributed by atoms with van der Waals surface area (Å²) in [4.78, 5) is 12.2. The van der Waals surface area contributed by atoms with Crippen LogP contribution in [0.4, 0.5) is 10.1 Å². The van der Waals surface area contributed by atoms with Crippen LogP contribution in [0.25, 0.3) is 11.1 Å². The topological polar surface area (TPSA) is 54.9 Å². The van der Waals surface area contributed by atoms with E-state index in [-0.39, 0.29) is 21.8 Å². The van der Waals surface area contributed by atoms with E-state index in [1.54, 1.807) is 18.2 Å². The molecule has 0 radical (unpaired) electrons. The quantitative estimate of drug-likeness (QED) is 0.702. The van der Waals surface area contributed by atoms with Gasteiger partial charge in [-0.2, -0.15) is 0 Å². The minimum absolute atomic E-state index is 0.196. The van der Waals surface area contributed by atoms with Crippen LogP contribution < -0.4 is 5.32 Å². The van der Waals surface area contributed by atoms with Crippen LogP contribution in [0.2, 0.25) is 0 Å². The van der Waals surface area contributed by atoms with E-state index in [2.05, 4.69) is 15.5 Å². The molecule has 3 aromatic rings. The number of amides is 1. The van der Waals surface area contributed by atoms with Crippen LogP contribution in [0.3, 0.4) is 0 Å². The number of nitrogens with one attached hydrogen (secondary N) is 1. The third kappa shape index (κ3) is 4.49. The SMILES string of the molecule is Cc1ccc(NC(=O)c2nnc(/C(Cl)=C/c3cccc(F)c3)s2)cc1. The van der Waals surface area contributed by atoms with Gasteiger partial charge in [-0.15, -0.1) is 10.2 Å². The highest BCUT2D eigenvalue weighted by Crippen LogP contribution is 2.26. The predicted molar refractivity (Wildman–Crippen MR) is 99.2 cm³/mol. The summed E-state index contributed by atoms with van der Waals surface area (Å²) >= 11 is 7.27.